The molecule has 19 heavy (non-hydrogen) atoms. The summed E-state index contributed by atoms with van der Waals surface area (Å²) in [5.74, 6) is 0.541. The Morgan fingerprint density at radius 1 is 1.58 bits per heavy atom. The van der Waals surface area contributed by atoms with Crippen LogP contribution in [0.15, 0.2) is 18.2 Å². The van der Waals surface area contributed by atoms with Crippen LogP contribution in [0.25, 0.3) is 0 Å². The summed E-state index contributed by atoms with van der Waals surface area (Å²) in [6, 6.07) is 5.30. The molecule has 0 spiro atoms. The Bertz CT molecular complexity index is 464. The Balaban J connectivity index is 1.87. The molecule has 1 N–H and O–H groups in total. The van der Waals surface area contributed by atoms with Gasteiger partial charge in [0.2, 0.25) is 0 Å². The number of rotatable bonds is 3. The third-order valence-electron chi connectivity index (χ3n) is 3.24. The van der Waals surface area contributed by atoms with Crippen molar-refractivity contribution in [3.8, 4) is 5.75 Å². The summed E-state index contributed by atoms with van der Waals surface area (Å²) >= 11 is 5.92. The van der Waals surface area contributed by atoms with Gasteiger partial charge in [0.25, 0.3) is 5.91 Å². The molecule has 1 aliphatic heterocycles. The standard InChI is InChI=1S/C14H18ClNO3/c1-10-7-12(4-5-13(10)15)19-9-14(18)16-6-2-3-11(17)8-16/h4-5,7,11,17H,2-3,6,8-9H2,1H3/t11-/m0/s1. The van der Waals surface area contributed by atoms with Crippen LogP contribution < -0.4 is 4.74 Å². The first-order chi connectivity index (χ1) is 9.06. The summed E-state index contributed by atoms with van der Waals surface area (Å²) in [5, 5.41) is 10.2. The zero-order valence-corrected chi connectivity index (χ0v) is 11.7. The molecule has 2 rings (SSSR count). The normalized spacial score (nSPS) is 19.3. The number of hydrogen-bond donors (Lipinski definition) is 1. The van der Waals surface area contributed by atoms with E-state index < -0.39 is 6.10 Å². The molecule has 5 heteroatoms. The average molecular weight is 284 g/mol. The molecule has 0 radical (unpaired) electrons. The number of aryl methyl sites for hydroxylation is 1. The molecule has 0 bridgehead atoms. The van der Waals surface area contributed by atoms with Gasteiger partial charge in [-0.1, -0.05) is 11.6 Å². The number of β-amino-alcohol motifs (C(OH)–C–C–N with tert-alkyl or cyclic N) is 1. The maximum absolute atomic E-state index is 11.9. The highest BCUT2D eigenvalue weighted by atomic mass is 35.5. The first kappa shape index (κ1) is 14.2. The Hall–Kier alpha value is -1.26. The smallest absolute Gasteiger partial charge is 0.260 e. The van der Waals surface area contributed by atoms with E-state index in [1.807, 2.05) is 6.92 Å². The summed E-state index contributed by atoms with van der Waals surface area (Å²) in [6.45, 7) is 2.98. The van der Waals surface area contributed by atoms with Gasteiger partial charge in [-0.25, -0.2) is 0 Å². The Labute approximate surface area is 117 Å². The van der Waals surface area contributed by atoms with Crippen molar-refractivity contribution in [2.45, 2.75) is 25.9 Å². The van der Waals surface area contributed by atoms with Gasteiger partial charge in [-0.15, -0.1) is 0 Å². The molecule has 0 aliphatic carbocycles. The minimum Gasteiger partial charge on any atom is -0.484 e. The van der Waals surface area contributed by atoms with Gasteiger partial charge >= 0.3 is 0 Å². The lowest BCUT2D eigenvalue weighted by Crippen LogP contribution is -2.44. The molecular weight excluding hydrogens is 266 g/mol. The summed E-state index contributed by atoms with van der Waals surface area (Å²) < 4.78 is 5.46. The van der Waals surface area contributed by atoms with E-state index in [2.05, 4.69) is 0 Å². The minimum absolute atomic E-state index is 0.00616. The van der Waals surface area contributed by atoms with Crippen LogP contribution in [0.4, 0.5) is 0 Å². The molecular formula is C14H18ClNO3. The van der Waals surface area contributed by atoms with Crippen molar-refractivity contribution in [2.24, 2.45) is 0 Å². The maximum Gasteiger partial charge on any atom is 0.260 e. The van der Waals surface area contributed by atoms with Crippen LogP contribution >= 0.6 is 11.6 Å². The number of likely N-dealkylation sites (tertiary alicyclic amines) is 1. The van der Waals surface area contributed by atoms with Crippen molar-refractivity contribution in [1.29, 1.82) is 0 Å². The van der Waals surface area contributed by atoms with Crippen molar-refractivity contribution in [3.63, 3.8) is 0 Å². The van der Waals surface area contributed by atoms with E-state index in [1.165, 1.54) is 0 Å². The van der Waals surface area contributed by atoms with E-state index in [1.54, 1.807) is 23.1 Å². The van der Waals surface area contributed by atoms with Crippen LogP contribution in [0.2, 0.25) is 5.02 Å². The molecule has 4 nitrogen and oxygen atoms in total. The molecule has 104 valence electrons. The highest BCUT2D eigenvalue weighted by Gasteiger charge is 2.22. The molecule has 1 aromatic rings. The Morgan fingerprint density at radius 2 is 2.37 bits per heavy atom. The average Bonchev–Trinajstić information content (AvgIpc) is 2.40. The quantitative estimate of drug-likeness (QED) is 0.923. The van der Waals surface area contributed by atoms with E-state index in [4.69, 9.17) is 16.3 Å². The van der Waals surface area contributed by atoms with Gasteiger partial charge in [0.15, 0.2) is 6.61 Å². The molecule has 1 heterocycles. The van der Waals surface area contributed by atoms with Crippen LogP contribution in [0.5, 0.6) is 5.75 Å². The third-order valence-corrected chi connectivity index (χ3v) is 3.67. The topological polar surface area (TPSA) is 49.8 Å². The van der Waals surface area contributed by atoms with Gasteiger partial charge < -0.3 is 14.7 Å². The van der Waals surface area contributed by atoms with Gasteiger partial charge in [0.05, 0.1) is 6.10 Å². The van der Waals surface area contributed by atoms with Crippen LogP contribution in [-0.4, -0.2) is 41.7 Å². The maximum atomic E-state index is 11.9. The minimum atomic E-state index is -0.407. The highest BCUT2D eigenvalue weighted by Crippen LogP contribution is 2.21. The van der Waals surface area contributed by atoms with Crippen molar-refractivity contribution >= 4 is 17.5 Å². The van der Waals surface area contributed by atoms with Crippen molar-refractivity contribution in [2.75, 3.05) is 19.7 Å². The van der Waals surface area contributed by atoms with E-state index >= 15 is 0 Å². The number of carbonyl (C=O) groups is 1. The number of piperidine rings is 1. The summed E-state index contributed by atoms with van der Waals surface area (Å²) in [7, 11) is 0. The lowest BCUT2D eigenvalue weighted by Gasteiger charge is -2.30. The fourth-order valence-corrected chi connectivity index (χ4v) is 2.24. The van der Waals surface area contributed by atoms with Crippen molar-refractivity contribution in [3.05, 3.63) is 28.8 Å². The number of aliphatic hydroxyl groups is 1. The number of amides is 1. The summed E-state index contributed by atoms with van der Waals surface area (Å²) in [5.41, 5.74) is 0.917. The van der Waals surface area contributed by atoms with E-state index in [-0.39, 0.29) is 12.5 Å². The molecule has 0 unspecified atom stereocenters. The summed E-state index contributed by atoms with van der Waals surface area (Å²) in [4.78, 5) is 13.6. The molecule has 1 atom stereocenters. The van der Waals surface area contributed by atoms with Crippen LogP contribution in [-0.2, 0) is 4.79 Å². The van der Waals surface area contributed by atoms with Crippen LogP contribution in [0.1, 0.15) is 18.4 Å². The fraction of sp³-hybridized carbons (Fsp3) is 0.500. The second-order valence-electron chi connectivity index (χ2n) is 4.84. The summed E-state index contributed by atoms with van der Waals surface area (Å²) in [6.07, 6.45) is 1.20. The number of carbonyl (C=O) groups excluding carboxylic acids is 1. The molecule has 0 saturated carbocycles. The highest BCUT2D eigenvalue weighted by molar-refractivity contribution is 6.31. The Kier molecular flexibility index (Phi) is 4.66. The SMILES string of the molecule is Cc1cc(OCC(=O)N2CCC[C@H](O)C2)ccc1Cl. The number of hydrogen-bond acceptors (Lipinski definition) is 3. The van der Waals surface area contributed by atoms with Gasteiger partial charge in [0, 0.05) is 18.1 Å². The number of benzene rings is 1. The van der Waals surface area contributed by atoms with Gasteiger partial charge in [-0.05, 0) is 43.5 Å². The second-order valence-corrected chi connectivity index (χ2v) is 5.24. The van der Waals surface area contributed by atoms with Gasteiger partial charge in [-0.3, -0.25) is 4.79 Å². The predicted molar refractivity (Wildman–Crippen MR) is 73.5 cm³/mol. The molecule has 1 fully saturated rings. The molecule has 1 aromatic carbocycles. The van der Waals surface area contributed by atoms with E-state index in [0.717, 1.165) is 18.4 Å². The van der Waals surface area contributed by atoms with Gasteiger partial charge in [0.1, 0.15) is 5.75 Å². The largest absolute Gasteiger partial charge is 0.484 e. The van der Waals surface area contributed by atoms with Crippen molar-refractivity contribution < 1.29 is 14.6 Å². The lowest BCUT2D eigenvalue weighted by atomic mass is 10.1. The first-order valence-electron chi connectivity index (χ1n) is 6.41. The molecule has 0 aromatic heterocycles. The number of halogens is 1. The second kappa shape index (κ2) is 6.26. The number of aliphatic hydroxyl groups excluding tert-OH is 1. The van der Waals surface area contributed by atoms with E-state index in [9.17, 15) is 9.90 Å². The lowest BCUT2D eigenvalue weighted by molar-refractivity contribution is -0.136. The zero-order valence-electron chi connectivity index (χ0n) is 10.9. The molecule has 1 amide bonds. The first-order valence-corrected chi connectivity index (χ1v) is 6.79. The van der Waals surface area contributed by atoms with Gasteiger partial charge in [-0.2, -0.15) is 0 Å². The van der Waals surface area contributed by atoms with E-state index in [0.29, 0.717) is 23.9 Å². The fourth-order valence-electron chi connectivity index (χ4n) is 2.12. The number of ether oxygens (including phenoxy) is 1. The zero-order chi connectivity index (χ0) is 13.8. The number of nitrogens with zero attached hydrogens (tertiary/aromatic N) is 1. The molecule has 1 aliphatic rings. The van der Waals surface area contributed by atoms with Crippen molar-refractivity contribution in [1.82, 2.24) is 4.90 Å². The van der Waals surface area contributed by atoms with Crippen LogP contribution in [0.3, 0.4) is 0 Å². The van der Waals surface area contributed by atoms with Crippen LogP contribution in [0, 0.1) is 6.92 Å². The third kappa shape index (κ3) is 3.85. The monoisotopic (exact) mass is 283 g/mol. The molecule has 1 saturated heterocycles. The Morgan fingerprint density at radius 3 is 3.05 bits per heavy atom. The predicted octanol–water partition coefficient (Wildman–Crippen LogP) is 2.01.